The van der Waals surface area contributed by atoms with Gasteiger partial charge in [0.15, 0.2) is 0 Å². The number of carbonyl (C=O) groups is 2. The molecule has 0 aromatic heterocycles. The summed E-state index contributed by atoms with van der Waals surface area (Å²) in [5.74, 6) is -1.32. The monoisotopic (exact) mass is 227 g/mol. The molecule has 0 spiro atoms. The van der Waals surface area contributed by atoms with Crippen LogP contribution >= 0.6 is 0 Å². The van der Waals surface area contributed by atoms with Gasteiger partial charge in [0.05, 0.1) is 11.8 Å². The molecular weight excluding hydrogens is 206 g/mol. The normalized spacial score (nSPS) is 26.6. The SMILES string of the molecule is CC(C)CCNC(=O)C1C(C(=O)O)C1(C)C. The Morgan fingerprint density at radius 1 is 1.31 bits per heavy atom. The van der Waals surface area contributed by atoms with E-state index in [-0.39, 0.29) is 11.8 Å². The summed E-state index contributed by atoms with van der Waals surface area (Å²) in [6, 6.07) is 0. The Bertz CT molecular complexity index is 297. The smallest absolute Gasteiger partial charge is 0.307 e. The lowest BCUT2D eigenvalue weighted by molar-refractivity contribution is -0.140. The lowest BCUT2D eigenvalue weighted by atomic mass is 10.1. The quantitative estimate of drug-likeness (QED) is 0.748. The Morgan fingerprint density at radius 3 is 2.25 bits per heavy atom. The van der Waals surface area contributed by atoms with Gasteiger partial charge in [-0.2, -0.15) is 0 Å². The van der Waals surface area contributed by atoms with Gasteiger partial charge in [-0.15, -0.1) is 0 Å². The molecule has 0 aromatic carbocycles. The van der Waals surface area contributed by atoms with Crippen molar-refractivity contribution >= 4 is 11.9 Å². The van der Waals surface area contributed by atoms with Crippen molar-refractivity contribution in [1.82, 2.24) is 5.32 Å². The van der Waals surface area contributed by atoms with E-state index in [1.807, 2.05) is 13.8 Å². The van der Waals surface area contributed by atoms with E-state index in [1.165, 1.54) is 0 Å². The van der Waals surface area contributed by atoms with Crippen molar-refractivity contribution < 1.29 is 14.7 Å². The van der Waals surface area contributed by atoms with Crippen LogP contribution in [0.2, 0.25) is 0 Å². The molecule has 4 heteroatoms. The van der Waals surface area contributed by atoms with Gasteiger partial charge >= 0.3 is 5.97 Å². The van der Waals surface area contributed by atoms with Gasteiger partial charge in [0.1, 0.15) is 0 Å². The maximum absolute atomic E-state index is 11.7. The van der Waals surface area contributed by atoms with Crippen LogP contribution in [-0.4, -0.2) is 23.5 Å². The Labute approximate surface area is 96.4 Å². The molecule has 0 aromatic rings. The summed E-state index contributed by atoms with van der Waals surface area (Å²) in [6.45, 7) is 8.48. The molecule has 92 valence electrons. The van der Waals surface area contributed by atoms with E-state index in [9.17, 15) is 9.59 Å². The summed E-state index contributed by atoms with van der Waals surface area (Å²) in [6.07, 6.45) is 0.927. The highest BCUT2D eigenvalue weighted by Gasteiger charge is 2.65. The second kappa shape index (κ2) is 4.44. The van der Waals surface area contributed by atoms with Gasteiger partial charge in [-0.3, -0.25) is 9.59 Å². The fourth-order valence-corrected chi connectivity index (χ4v) is 2.18. The van der Waals surface area contributed by atoms with Crippen LogP contribution in [0.1, 0.15) is 34.1 Å². The zero-order valence-electron chi connectivity index (χ0n) is 10.4. The third kappa shape index (κ3) is 2.54. The number of aliphatic carboxylic acids is 1. The van der Waals surface area contributed by atoms with E-state index >= 15 is 0 Å². The first-order valence-electron chi connectivity index (χ1n) is 5.79. The number of rotatable bonds is 5. The van der Waals surface area contributed by atoms with Gasteiger partial charge in [0.25, 0.3) is 0 Å². The van der Waals surface area contributed by atoms with Gasteiger partial charge in [-0.25, -0.2) is 0 Å². The molecule has 2 unspecified atom stereocenters. The molecule has 1 rings (SSSR count). The van der Waals surface area contributed by atoms with E-state index in [2.05, 4.69) is 19.2 Å². The van der Waals surface area contributed by atoms with Crippen LogP contribution in [0, 0.1) is 23.2 Å². The molecule has 1 saturated carbocycles. The van der Waals surface area contributed by atoms with Crippen LogP contribution in [0.15, 0.2) is 0 Å². The average molecular weight is 227 g/mol. The van der Waals surface area contributed by atoms with Gasteiger partial charge < -0.3 is 10.4 Å². The van der Waals surface area contributed by atoms with Gasteiger partial charge in [0, 0.05) is 6.54 Å². The molecule has 4 nitrogen and oxygen atoms in total. The zero-order chi connectivity index (χ0) is 12.5. The molecule has 0 aliphatic heterocycles. The van der Waals surface area contributed by atoms with E-state index in [0.29, 0.717) is 12.5 Å². The minimum absolute atomic E-state index is 0.113. The largest absolute Gasteiger partial charge is 0.481 e. The highest BCUT2D eigenvalue weighted by Crippen LogP contribution is 2.58. The van der Waals surface area contributed by atoms with Crippen LogP contribution in [0.5, 0.6) is 0 Å². The van der Waals surface area contributed by atoms with Crippen molar-refractivity contribution in [3.05, 3.63) is 0 Å². The van der Waals surface area contributed by atoms with Crippen molar-refractivity contribution in [2.24, 2.45) is 23.2 Å². The van der Waals surface area contributed by atoms with E-state index < -0.39 is 17.3 Å². The number of amides is 1. The first kappa shape index (κ1) is 13.0. The highest BCUT2D eigenvalue weighted by atomic mass is 16.4. The minimum atomic E-state index is -0.867. The molecule has 2 atom stereocenters. The second-order valence-electron chi connectivity index (χ2n) is 5.59. The fourth-order valence-electron chi connectivity index (χ4n) is 2.18. The molecular formula is C12H21NO3. The highest BCUT2D eigenvalue weighted by molar-refractivity contribution is 5.91. The molecule has 2 N–H and O–H groups in total. The molecule has 1 aliphatic carbocycles. The lowest BCUT2D eigenvalue weighted by Crippen LogP contribution is -2.28. The molecule has 1 amide bonds. The standard InChI is InChI=1S/C12H21NO3/c1-7(2)5-6-13-10(14)8-9(11(15)16)12(8,3)4/h7-9H,5-6H2,1-4H3,(H,13,14)(H,15,16). The Balaban J connectivity index is 2.42. The van der Waals surface area contributed by atoms with Crippen molar-refractivity contribution in [2.45, 2.75) is 34.1 Å². The summed E-state index contributed by atoms with van der Waals surface area (Å²) >= 11 is 0. The summed E-state index contributed by atoms with van der Waals surface area (Å²) in [7, 11) is 0. The second-order valence-corrected chi connectivity index (χ2v) is 5.59. The third-order valence-corrected chi connectivity index (χ3v) is 3.40. The van der Waals surface area contributed by atoms with E-state index in [4.69, 9.17) is 5.11 Å². The lowest BCUT2D eigenvalue weighted by Gasteiger charge is -2.07. The van der Waals surface area contributed by atoms with Crippen LogP contribution in [-0.2, 0) is 9.59 Å². The molecule has 0 bridgehead atoms. The average Bonchev–Trinajstić information content (AvgIpc) is 2.68. The molecule has 16 heavy (non-hydrogen) atoms. The number of hydrogen-bond acceptors (Lipinski definition) is 2. The molecule has 0 radical (unpaired) electrons. The molecule has 1 fully saturated rings. The summed E-state index contributed by atoms with van der Waals surface area (Å²) < 4.78 is 0. The summed E-state index contributed by atoms with van der Waals surface area (Å²) in [5.41, 5.74) is -0.395. The van der Waals surface area contributed by atoms with E-state index in [0.717, 1.165) is 6.42 Å². The maximum Gasteiger partial charge on any atom is 0.307 e. The Kier molecular flexibility index (Phi) is 3.61. The van der Waals surface area contributed by atoms with E-state index in [1.54, 1.807) is 0 Å². The van der Waals surface area contributed by atoms with Crippen LogP contribution in [0.25, 0.3) is 0 Å². The zero-order valence-corrected chi connectivity index (χ0v) is 10.4. The number of nitrogens with one attached hydrogen (secondary N) is 1. The van der Waals surface area contributed by atoms with Crippen LogP contribution in [0.3, 0.4) is 0 Å². The van der Waals surface area contributed by atoms with Crippen LogP contribution in [0.4, 0.5) is 0 Å². The predicted octanol–water partition coefficient (Wildman–Crippen LogP) is 1.51. The first-order valence-corrected chi connectivity index (χ1v) is 5.79. The maximum atomic E-state index is 11.7. The van der Waals surface area contributed by atoms with Crippen molar-refractivity contribution in [2.75, 3.05) is 6.54 Å². The van der Waals surface area contributed by atoms with Crippen molar-refractivity contribution in [3.8, 4) is 0 Å². The topological polar surface area (TPSA) is 66.4 Å². The Hall–Kier alpha value is -1.06. The predicted molar refractivity (Wildman–Crippen MR) is 60.9 cm³/mol. The molecule has 0 saturated heterocycles. The van der Waals surface area contributed by atoms with Crippen molar-refractivity contribution in [1.29, 1.82) is 0 Å². The van der Waals surface area contributed by atoms with Gasteiger partial charge in [-0.1, -0.05) is 27.7 Å². The Morgan fingerprint density at radius 2 is 1.88 bits per heavy atom. The fraction of sp³-hybridized carbons (Fsp3) is 0.833. The third-order valence-electron chi connectivity index (χ3n) is 3.40. The van der Waals surface area contributed by atoms with Gasteiger partial charge in [-0.05, 0) is 17.8 Å². The van der Waals surface area contributed by atoms with Crippen molar-refractivity contribution in [3.63, 3.8) is 0 Å². The first-order chi connectivity index (χ1) is 7.28. The molecule has 0 heterocycles. The summed E-state index contributed by atoms with van der Waals surface area (Å²) in [5, 5.41) is 11.8. The number of hydrogen-bond donors (Lipinski definition) is 2. The van der Waals surface area contributed by atoms with Gasteiger partial charge in [0.2, 0.25) is 5.91 Å². The minimum Gasteiger partial charge on any atom is -0.481 e. The van der Waals surface area contributed by atoms with Crippen LogP contribution < -0.4 is 5.32 Å². The molecule has 1 aliphatic rings. The number of carboxylic acids is 1. The number of carboxylic acid groups (broad SMARTS) is 1. The summed E-state index contributed by atoms with van der Waals surface area (Å²) in [4.78, 5) is 22.6. The number of carbonyl (C=O) groups excluding carboxylic acids is 1.